The van der Waals surface area contributed by atoms with Crippen molar-refractivity contribution in [2.45, 2.75) is 89.4 Å². The van der Waals surface area contributed by atoms with E-state index in [4.69, 9.17) is 10.2 Å². The first-order valence-electron chi connectivity index (χ1n) is 11.1. The fraction of sp³-hybridized carbons (Fsp3) is 0.667. The smallest absolute Gasteiger partial charge is 0.303 e. The van der Waals surface area contributed by atoms with Crippen LogP contribution in [-0.4, -0.2) is 28.6 Å². The van der Waals surface area contributed by atoms with Crippen LogP contribution in [0, 0.1) is 5.92 Å². The van der Waals surface area contributed by atoms with Gasteiger partial charge in [-0.25, -0.2) is 0 Å². The second kappa shape index (κ2) is 12.7. The summed E-state index contributed by atoms with van der Waals surface area (Å²) in [6, 6.07) is 8.86. The first-order chi connectivity index (χ1) is 13.6. The summed E-state index contributed by atoms with van der Waals surface area (Å²) in [6.45, 7) is 0.290. The molecule has 1 aliphatic rings. The number of aliphatic hydroxyl groups is 1. The highest BCUT2D eigenvalue weighted by Gasteiger charge is 2.34. The molecule has 0 heterocycles. The molecule has 0 bridgehead atoms. The molecule has 0 spiro atoms. The van der Waals surface area contributed by atoms with E-state index in [1.807, 2.05) is 0 Å². The number of rotatable bonds is 14. The lowest BCUT2D eigenvalue weighted by atomic mass is 9.84. The molecule has 156 valence electrons. The number of aliphatic hydroxyl groups excluding tert-OH is 1. The summed E-state index contributed by atoms with van der Waals surface area (Å²) < 4.78 is 0. The van der Waals surface area contributed by atoms with Gasteiger partial charge in [-0.2, -0.15) is 0 Å². The van der Waals surface area contributed by atoms with Gasteiger partial charge in [0.1, 0.15) is 5.78 Å². The number of carbonyl (C=O) groups is 2. The zero-order chi connectivity index (χ0) is 20.2. The number of unbranched alkanes of at least 4 members (excludes halogenated alkanes) is 6. The molecule has 2 unspecified atom stereocenters. The number of ketones is 1. The van der Waals surface area contributed by atoms with Gasteiger partial charge in [-0.3, -0.25) is 9.59 Å². The van der Waals surface area contributed by atoms with E-state index in [-0.39, 0.29) is 18.9 Å². The number of Topliss-reactive ketones (excluding diaryl/α,β-unsaturated/α-hetero) is 1. The molecular weight excluding hydrogens is 352 g/mol. The summed E-state index contributed by atoms with van der Waals surface area (Å²) in [5.74, 6) is 0.178. The number of benzene rings is 1. The maximum Gasteiger partial charge on any atom is 0.303 e. The second-order valence-electron chi connectivity index (χ2n) is 8.19. The van der Waals surface area contributed by atoms with Crippen molar-refractivity contribution in [3.05, 3.63) is 35.4 Å². The van der Waals surface area contributed by atoms with Gasteiger partial charge in [0.2, 0.25) is 0 Å². The zero-order valence-electron chi connectivity index (χ0n) is 17.1. The summed E-state index contributed by atoms with van der Waals surface area (Å²) in [5.41, 5.74) is 2.65. The molecule has 28 heavy (non-hydrogen) atoms. The normalized spacial score (nSPS) is 19.2. The van der Waals surface area contributed by atoms with E-state index in [9.17, 15) is 9.59 Å². The largest absolute Gasteiger partial charge is 0.481 e. The van der Waals surface area contributed by atoms with Crippen LogP contribution in [0.4, 0.5) is 0 Å². The third-order valence-corrected chi connectivity index (χ3v) is 6.04. The molecular formula is C24H36O4. The van der Waals surface area contributed by atoms with Crippen molar-refractivity contribution in [3.63, 3.8) is 0 Å². The van der Waals surface area contributed by atoms with Gasteiger partial charge in [-0.05, 0) is 55.6 Å². The molecule has 2 atom stereocenters. The number of carbonyl (C=O) groups excluding carboxylic acids is 1. The van der Waals surface area contributed by atoms with Crippen LogP contribution in [0.5, 0.6) is 0 Å². The topological polar surface area (TPSA) is 74.6 Å². The Morgan fingerprint density at radius 2 is 1.61 bits per heavy atom. The van der Waals surface area contributed by atoms with Crippen LogP contribution in [0.1, 0.15) is 94.1 Å². The minimum absolute atomic E-state index is 0.142. The van der Waals surface area contributed by atoms with Gasteiger partial charge in [-0.15, -0.1) is 0 Å². The molecule has 1 aromatic rings. The van der Waals surface area contributed by atoms with Crippen LogP contribution in [-0.2, 0) is 16.0 Å². The Morgan fingerprint density at radius 3 is 2.32 bits per heavy atom. The highest BCUT2D eigenvalue weighted by molar-refractivity contribution is 5.84. The summed E-state index contributed by atoms with van der Waals surface area (Å²) in [7, 11) is 0. The molecule has 4 heteroatoms. The Bertz CT molecular complexity index is 593. The third-order valence-electron chi connectivity index (χ3n) is 6.04. The lowest BCUT2D eigenvalue weighted by Gasteiger charge is -2.19. The standard InChI is InChI=1S/C24H36O4/c25-18-8-4-3-5-9-19-12-14-20(15-13-19)21-16-17-23(26)22(21)10-6-1-2-7-11-24(27)28/h12-15,21-22,25H,1-11,16-18H2,(H,27,28). The first-order valence-corrected chi connectivity index (χ1v) is 11.1. The van der Waals surface area contributed by atoms with E-state index in [0.29, 0.717) is 18.1 Å². The van der Waals surface area contributed by atoms with Crippen molar-refractivity contribution in [1.29, 1.82) is 0 Å². The SMILES string of the molecule is O=C(O)CCCCCCC1C(=O)CCC1c1ccc(CCCCCCO)cc1. The number of aliphatic carboxylic acids is 1. The predicted octanol–water partition coefficient (Wildman–Crippen LogP) is 5.27. The van der Waals surface area contributed by atoms with E-state index in [1.165, 1.54) is 11.1 Å². The Kier molecular flexibility index (Phi) is 10.3. The second-order valence-corrected chi connectivity index (χ2v) is 8.19. The van der Waals surface area contributed by atoms with Crippen LogP contribution in [0.15, 0.2) is 24.3 Å². The molecule has 0 aliphatic heterocycles. The van der Waals surface area contributed by atoms with Crippen molar-refractivity contribution in [2.24, 2.45) is 5.92 Å². The summed E-state index contributed by atoms with van der Waals surface area (Å²) in [5, 5.41) is 17.5. The monoisotopic (exact) mass is 388 g/mol. The molecule has 2 N–H and O–H groups in total. The summed E-state index contributed by atoms with van der Waals surface area (Å²) in [6.07, 6.45) is 11.9. The number of hydrogen-bond donors (Lipinski definition) is 2. The molecule has 2 rings (SSSR count). The van der Waals surface area contributed by atoms with Crippen molar-refractivity contribution in [2.75, 3.05) is 6.61 Å². The minimum Gasteiger partial charge on any atom is -0.481 e. The van der Waals surface area contributed by atoms with Crippen LogP contribution >= 0.6 is 0 Å². The molecule has 0 amide bonds. The predicted molar refractivity (Wildman–Crippen MR) is 112 cm³/mol. The van der Waals surface area contributed by atoms with E-state index < -0.39 is 5.97 Å². The van der Waals surface area contributed by atoms with Gasteiger partial charge < -0.3 is 10.2 Å². The summed E-state index contributed by atoms with van der Waals surface area (Å²) in [4.78, 5) is 22.9. The fourth-order valence-corrected chi connectivity index (χ4v) is 4.39. The molecule has 0 radical (unpaired) electrons. The Morgan fingerprint density at radius 1 is 0.929 bits per heavy atom. The number of hydrogen-bond acceptors (Lipinski definition) is 3. The molecule has 1 fully saturated rings. The molecule has 0 aromatic heterocycles. The third kappa shape index (κ3) is 7.75. The van der Waals surface area contributed by atoms with E-state index in [2.05, 4.69) is 24.3 Å². The summed E-state index contributed by atoms with van der Waals surface area (Å²) >= 11 is 0. The van der Waals surface area contributed by atoms with Gasteiger partial charge in [0.05, 0.1) is 0 Å². The lowest BCUT2D eigenvalue weighted by molar-refractivity contribution is -0.137. The molecule has 1 aromatic carbocycles. The molecule has 1 saturated carbocycles. The van der Waals surface area contributed by atoms with Crippen molar-refractivity contribution in [3.8, 4) is 0 Å². The molecule has 4 nitrogen and oxygen atoms in total. The van der Waals surface area contributed by atoms with E-state index >= 15 is 0 Å². The van der Waals surface area contributed by atoms with E-state index in [0.717, 1.165) is 70.6 Å². The minimum atomic E-state index is -0.723. The average molecular weight is 389 g/mol. The Labute approximate surface area is 169 Å². The fourth-order valence-electron chi connectivity index (χ4n) is 4.39. The number of carboxylic acids is 1. The maximum absolute atomic E-state index is 12.4. The zero-order valence-corrected chi connectivity index (χ0v) is 17.1. The van der Waals surface area contributed by atoms with Crippen molar-refractivity contribution in [1.82, 2.24) is 0 Å². The van der Waals surface area contributed by atoms with Crippen LogP contribution < -0.4 is 0 Å². The number of aryl methyl sites for hydroxylation is 1. The van der Waals surface area contributed by atoms with E-state index in [1.54, 1.807) is 0 Å². The quantitative estimate of drug-likeness (QED) is 0.426. The Hall–Kier alpha value is -1.68. The van der Waals surface area contributed by atoms with Gasteiger partial charge in [0.15, 0.2) is 0 Å². The number of carboxylic acid groups (broad SMARTS) is 1. The average Bonchev–Trinajstić information content (AvgIpc) is 3.05. The van der Waals surface area contributed by atoms with Gasteiger partial charge in [0, 0.05) is 25.4 Å². The van der Waals surface area contributed by atoms with Gasteiger partial charge >= 0.3 is 5.97 Å². The van der Waals surface area contributed by atoms with Crippen molar-refractivity contribution >= 4 is 11.8 Å². The van der Waals surface area contributed by atoms with Crippen LogP contribution in [0.3, 0.4) is 0 Å². The Balaban J connectivity index is 1.77. The van der Waals surface area contributed by atoms with Crippen LogP contribution in [0.25, 0.3) is 0 Å². The van der Waals surface area contributed by atoms with Gasteiger partial charge in [-0.1, -0.05) is 56.4 Å². The van der Waals surface area contributed by atoms with Crippen LogP contribution in [0.2, 0.25) is 0 Å². The highest BCUT2D eigenvalue weighted by atomic mass is 16.4. The molecule has 1 aliphatic carbocycles. The molecule has 0 saturated heterocycles. The highest BCUT2D eigenvalue weighted by Crippen LogP contribution is 2.40. The lowest BCUT2D eigenvalue weighted by Crippen LogP contribution is -2.13. The van der Waals surface area contributed by atoms with Crippen molar-refractivity contribution < 1.29 is 19.8 Å². The first kappa shape index (κ1) is 22.6. The van der Waals surface area contributed by atoms with Gasteiger partial charge in [0.25, 0.3) is 0 Å². The maximum atomic E-state index is 12.4.